The van der Waals surface area contributed by atoms with E-state index in [0.29, 0.717) is 5.75 Å². The fourth-order valence-electron chi connectivity index (χ4n) is 1.47. The summed E-state index contributed by atoms with van der Waals surface area (Å²) in [6.45, 7) is 3.33. The number of carbonyl (C=O) groups is 1. The molecule has 4 heteroatoms. The number of hydrogen-bond acceptors (Lipinski definition) is 4. The van der Waals surface area contributed by atoms with Crippen molar-refractivity contribution in [2.45, 2.75) is 13.8 Å². The summed E-state index contributed by atoms with van der Waals surface area (Å²) in [5.41, 5.74) is 1.52. The zero-order valence-electron chi connectivity index (χ0n) is 10.5. The Morgan fingerprint density at radius 2 is 1.94 bits per heavy atom. The van der Waals surface area contributed by atoms with Crippen molar-refractivity contribution < 1.29 is 14.3 Å². The first kappa shape index (κ1) is 13.1. The van der Waals surface area contributed by atoms with E-state index in [0.717, 1.165) is 17.1 Å². The maximum absolute atomic E-state index is 10.9. The van der Waals surface area contributed by atoms with Gasteiger partial charge in [0, 0.05) is 11.8 Å². The Morgan fingerprint density at radius 3 is 2.47 bits per heavy atom. The van der Waals surface area contributed by atoms with Crippen molar-refractivity contribution in [3.05, 3.63) is 30.0 Å². The number of anilines is 1. The smallest absolute Gasteiger partial charge is 0.154 e. The van der Waals surface area contributed by atoms with Crippen molar-refractivity contribution >= 4 is 11.5 Å². The van der Waals surface area contributed by atoms with Crippen molar-refractivity contribution in [3.63, 3.8) is 0 Å². The van der Waals surface area contributed by atoms with Crippen LogP contribution in [0, 0.1) is 0 Å². The normalized spacial score (nSPS) is 10.9. The summed E-state index contributed by atoms with van der Waals surface area (Å²) in [6, 6.07) is 5.44. The highest BCUT2D eigenvalue weighted by molar-refractivity contribution is 5.88. The summed E-state index contributed by atoms with van der Waals surface area (Å²) in [5, 5.41) is 3.10. The first-order valence-electron chi connectivity index (χ1n) is 5.24. The van der Waals surface area contributed by atoms with E-state index >= 15 is 0 Å². The van der Waals surface area contributed by atoms with Crippen LogP contribution in [0.5, 0.6) is 11.5 Å². The van der Waals surface area contributed by atoms with Crippen LogP contribution in [0.15, 0.2) is 30.0 Å². The number of carbonyl (C=O) groups excluding carboxylic acids is 1. The van der Waals surface area contributed by atoms with E-state index in [9.17, 15) is 4.79 Å². The van der Waals surface area contributed by atoms with Gasteiger partial charge in [0.25, 0.3) is 0 Å². The lowest BCUT2D eigenvalue weighted by atomic mass is 10.2. The number of benzene rings is 1. The molecule has 0 spiro atoms. The van der Waals surface area contributed by atoms with E-state index < -0.39 is 0 Å². The van der Waals surface area contributed by atoms with Crippen molar-refractivity contribution in [3.8, 4) is 11.5 Å². The van der Waals surface area contributed by atoms with Gasteiger partial charge in [-0.05, 0) is 32.1 Å². The molecule has 1 aromatic carbocycles. The zero-order chi connectivity index (χ0) is 12.8. The molecule has 92 valence electrons. The SMILES string of the molecule is COc1ccc(OC)c(NC(C)=CC(C)=O)c1. The molecule has 17 heavy (non-hydrogen) atoms. The first-order valence-corrected chi connectivity index (χ1v) is 5.24. The van der Waals surface area contributed by atoms with E-state index in [1.165, 1.54) is 13.0 Å². The highest BCUT2D eigenvalue weighted by atomic mass is 16.5. The van der Waals surface area contributed by atoms with Crippen LogP contribution in [-0.2, 0) is 4.79 Å². The lowest BCUT2D eigenvalue weighted by molar-refractivity contribution is -0.112. The lowest BCUT2D eigenvalue weighted by Gasteiger charge is -2.12. The van der Waals surface area contributed by atoms with Gasteiger partial charge >= 0.3 is 0 Å². The molecule has 0 atom stereocenters. The van der Waals surface area contributed by atoms with E-state index in [2.05, 4.69) is 5.32 Å². The second kappa shape index (κ2) is 5.94. The van der Waals surface area contributed by atoms with Crippen LogP contribution < -0.4 is 14.8 Å². The summed E-state index contributed by atoms with van der Waals surface area (Å²) in [5.74, 6) is 1.42. The topological polar surface area (TPSA) is 47.6 Å². The average molecular weight is 235 g/mol. The van der Waals surface area contributed by atoms with Crippen LogP contribution in [0.4, 0.5) is 5.69 Å². The van der Waals surface area contributed by atoms with Gasteiger partial charge in [0.2, 0.25) is 0 Å². The highest BCUT2D eigenvalue weighted by Gasteiger charge is 2.05. The van der Waals surface area contributed by atoms with E-state index in [1.54, 1.807) is 14.2 Å². The van der Waals surface area contributed by atoms with Gasteiger partial charge < -0.3 is 14.8 Å². The van der Waals surface area contributed by atoms with Crippen molar-refractivity contribution in [2.24, 2.45) is 0 Å². The monoisotopic (exact) mass is 235 g/mol. The third-order valence-electron chi connectivity index (χ3n) is 2.16. The van der Waals surface area contributed by atoms with Gasteiger partial charge in [-0.1, -0.05) is 0 Å². The van der Waals surface area contributed by atoms with Gasteiger partial charge in [-0.25, -0.2) is 0 Å². The first-order chi connectivity index (χ1) is 8.06. The van der Waals surface area contributed by atoms with Crippen LogP contribution >= 0.6 is 0 Å². The summed E-state index contributed by atoms with van der Waals surface area (Å²) in [6.07, 6.45) is 1.53. The molecule has 0 heterocycles. The number of nitrogens with one attached hydrogen (secondary N) is 1. The van der Waals surface area contributed by atoms with E-state index in [1.807, 2.05) is 25.1 Å². The number of rotatable bonds is 5. The van der Waals surface area contributed by atoms with Gasteiger partial charge in [-0.2, -0.15) is 0 Å². The third-order valence-corrected chi connectivity index (χ3v) is 2.16. The van der Waals surface area contributed by atoms with Crippen molar-refractivity contribution in [1.82, 2.24) is 0 Å². The molecule has 0 saturated carbocycles. The lowest BCUT2D eigenvalue weighted by Crippen LogP contribution is -2.00. The molecule has 1 aromatic rings. The Bertz CT molecular complexity index is 438. The molecule has 1 rings (SSSR count). The summed E-state index contributed by atoms with van der Waals surface area (Å²) >= 11 is 0. The Labute approximate surface area is 101 Å². The number of allylic oxidation sites excluding steroid dienone is 2. The molecule has 0 aliphatic heterocycles. The van der Waals surface area contributed by atoms with Crippen LogP contribution in [0.1, 0.15) is 13.8 Å². The molecule has 0 saturated heterocycles. The molecule has 0 unspecified atom stereocenters. The fourth-order valence-corrected chi connectivity index (χ4v) is 1.47. The molecule has 0 amide bonds. The average Bonchev–Trinajstić information content (AvgIpc) is 2.27. The molecular formula is C13H17NO3. The molecule has 4 nitrogen and oxygen atoms in total. The van der Waals surface area contributed by atoms with Gasteiger partial charge in [-0.15, -0.1) is 0 Å². The van der Waals surface area contributed by atoms with Crippen molar-refractivity contribution in [2.75, 3.05) is 19.5 Å². The largest absolute Gasteiger partial charge is 0.497 e. The highest BCUT2D eigenvalue weighted by Crippen LogP contribution is 2.29. The number of ether oxygens (including phenoxy) is 2. The molecule has 0 aliphatic carbocycles. The summed E-state index contributed by atoms with van der Waals surface area (Å²) < 4.78 is 10.4. The van der Waals surface area contributed by atoms with Gasteiger partial charge in [-0.3, -0.25) is 4.79 Å². The van der Waals surface area contributed by atoms with Gasteiger partial charge in [0.05, 0.1) is 19.9 Å². The van der Waals surface area contributed by atoms with Crippen LogP contribution in [0.3, 0.4) is 0 Å². The second-order valence-electron chi connectivity index (χ2n) is 3.63. The maximum atomic E-state index is 10.9. The summed E-state index contributed by atoms with van der Waals surface area (Å²) in [4.78, 5) is 10.9. The Balaban J connectivity index is 2.99. The third kappa shape index (κ3) is 3.83. The van der Waals surface area contributed by atoms with E-state index in [4.69, 9.17) is 9.47 Å². The molecule has 0 aliphatic rings. The molecule has 0 radical (unpaired) electrons. The Morgan fingerprint density at radius 1 is 1.24 bits per heavy atom. The fraction of sp³-hybridized carbons (Fsp3) is 0.308. The minimum atomic E-state index is -0.00290. The van der Waals surface area contributed by atoms with Crippen LogP contribution in [0.2, 0.25) is 0 Å². The summed E-state index contributed by atoms with van der Waals surface area (Å²) in [7, 11) is 3.20. The predicted octanol–water partition coefficient (Wildman–Crippen LogP) is 2.61. The molecule has 0 fully saturated rings. The molecule has 0 aromatic heterocycles. The maximum Gasteiger partial charge on any atom is 0.154 e. The molecular weight excluding hydrogens is 218 g/mol. The van der Waals surface area contributed by atoms with E-state index in [-0.39, 0.29) is 5.78 Å². The molecule has 1 N–H and O–H groups in total. The van der Waals surface area contributed by atoms with Crippen LogP contribution in [0.25, 0.3) is 0 Å². The molecule has 0 bridgehead atoms. The second-order valence-corrected chi connectivity index (χ2v) is 3.63. The standard InChI is InChI=1S/C13H17NO3/c1-9(7-10(2)15)14-12-8-11(16-3)5-6-13(12)17-4/h5-8,14H,1-4H3. The number of methoxy groups -OCH3 is 2. The van der Waals surface area contributed by atoms with Gasteiger partial charge in [0.15, 0.2) is 5.78 Å². The minimum Gasteiger partial charge on any atom is -0.497 e. The van der Waals surface area contributed by atoms with Crippen molar-refractivity contribution in [1.29, 1.82) is 0 Å². The van der Waals surface area contributed by atoms with Crippen LogP contribution in [-0.4, -0.2) is 20.0 Å². The predicted molar refractivity (Wildman–Crippen MR) is 67.6 cm³/mol. The zero-order valence-corrected chi connectivity index (χ0v) is 10.5. The quantitative estimate of drug-likeness (QED) is 0.797. The van der Waals surface area contributed by atoms with Gasteiger partial charge in [0.1, 0.15) is 11.5 Å². The number of ketones is 1. The minimum absolute atomic E-state index is 0.00290. The Hall–Kier alpha value is -1.97. The Kier molecular flexibility index (Phi) is 4.57. The number of hydrogen-bond donors (Lipinski definition) is 1.